The number of hydrogen-bond donors (Lipinski definition) is 1. The molecule has 23 heavy (non-hydrogen) atoms. The summed E-state index contributed by atoms with van der Waals surface area (Å²) in [6, 6.07) is 3.01. The molecule has 0 spiro atoms. The summed E-state index contributed by atoms with van der Waals surface area (Å²) in [6.07, 6.45) is 2.89. The smallest absolute Gasteiger partial charge is 0.410 e. The van der Waals surface area contributed by atoms with Crippen LogP contribution in [0.25, 0.3) is 0 Å². The Hall–Kier alpha value is -1.85. The summed E-state index contributed by atoms with van der Waals surface area (Å²) >= 11 is 0. The molecular formula is C17H26FN3O2. The molecule has 128 valence electrons. The number of halogens is 1. The second kappa shape index (κ2) is 7.15. The number of amides is 1. The topological polar surface area (TPSA) is 54.5 Å². The van der Waals surface area contributed by atoms with Crippen molar-refractivity contribution in [3.8, 4) is 0 Å². The number of rotatable bonds is 3. The molecule has 1 N–H and O–H groups in total. The molecule has 1 saturated heterocycles. The van der Waals surface area contributed by atoms with E-state index >= 15 is 0 Å². The third kappa shape index (κ3) is 5.37. The van der Waals surface area contributed by atoms with Gasteiger partial charge in [-0.1, -0.05) is 6.92 Å². The number of nitrogens with zero attached hydrogens (tertiary/aromatic N) is 2. The Balaban J connectivity index is 1.99. The Morgan fingerprint density at radius 3 is 2.78 bits per heavy atom. The van der Waals surface area contributed by atoms with Gasteiger partial charge in [0, 0.05) is 13.1 Å². The normalized spacial score (nSPS) is 21.9. The second-order valence-electron chi connectivity index (χ2n) is 7.21. The minimum absolute atomic E-state index is 0.0490. The highest BCUT2D eigenvalue weighted by Gasteiger charge is 2.32. The molecule has 0 aliphatic carbocycles. The molecule has 2 atom stereocenters. The van der Waals surface area contributed by atoms with Crippen LogP contribution in [0, 0.1) is 11.7 Å². The van der Waals surface area contributed by atoms with Crippen LogP contribution < -0.4 is 5.32 Å². The largest absolute Gasteiger partial charge is 0.444 e. The molecular weight excluding hydrogens is 297 g/mol. The highest BCUT2D eigenvalue weighted by molar-refractivity contribution is 5.68. The summed E-state index contributed by atoms with van der Waals surface area (Å²) < 4.78 is 18.4. The van der Waals surface area contributed by atoms with E-state index in [9.17, 15) is 9.18 Å². The fourth-order valence-electron chi connectivity index (χ4n) is 2.67. The van der Waals surface area contributed by atoms with Crippen LogP contribution in [0.2, 0.25) is 0 Å². The molecule has 1 aliphatic heterocycles. The second-order valence-corrected chi connectivity index (χ2v) is 7.21. The Labute approximate surface area is 137 Å². The van der Waals surface area contributed by atoms with E-state index in [4.69, 9.17) is 4.74 Å². The average molecular weight is 323 g/mol. The van der Waals surface area contributed by atoms with Crippen LogP contribution in [0.5, 0.6) is 0 Å². The highest BCUT2D eigenvalue weighted by Crippen LogP contribution is 2.24. The minimum Gasteiger partial charge on any atom is -0.444 e. The zero-order valence-corrected chi connectivity index (χ0v) is 14.3. The van der Waals surface area contributed by atoms with E-state index in [-0.39, 0.29) is 18.0 Å². The lowest BCUT2D eigenvalue weighted by molar-refractivity contribution is 0.00577. The first-order chi connectivity index (χ1) is 10.7. The third-order valence-corrected chi connectivity index (χ3v) is 3.82. The lowest BCUT2D eigenvalue weighted by Crippen LogP contribution is -2.51. The quantitative estimate of drug-likeness (QED) is 0.922. The van der Waals surface area contributed by atoms with Crippen molar-refractivity contribution in [1.29, 1.82) is 0 Å². The van der Waals surface area contributed by atoms with Crippen molar-refractivity contribution in [3.05, 3.63) is 24.1 Å². The summed E-state index contributed by atoms with van der Waals surface area (Å²) in [5, 5.41) is 3.18. The number of pyridine rings is 1. The van der Waals surface area contributed by atoms with E-state index in [0.29, 0.717) is 24.8 Å². The Bertz CT molecular complexity index is 528. The number of carbonyl (C=O) groups excluding carboxylic acids is 1. The van der Waals surface area contributed by atoms with Crippen molar-refractivity contribution >= 4 is 11.9 Å². The van der Waals surface area contributed by atoms with Crippen LogP contribution in [0.15, 0.2) is 18.3 Å². The maximum Gasteiger partial charge on any atom is 0.410 e. The van der Waals surface area contributed by atoms with Gasteiger partial charge in [0.05, 0.1) is 12.2 Å². The number of ether oxygens (including phenoxy) is 1. The number of aromatic nitrogens is 1. The van der Waals surface area contributed by atoms with Crippen LogP contribution in [-0.2, 0) is 4.74 Å². The summed E-state index contributed by atoms with van der Waals surface area (Å²) in [5.74, 6) is 0.703. The number of nitrogens with one attached hydrogen (secondary N) is 1. The lowest BCUT2D eigenvalue weighted by Gasteiger charge is -2.39. The Morgan fingerprint density at radius 1 is 1.43 bits per heavy atom. The van der Waals surface area contributed by atoms with E-state index in [0.717, 1.165) is 12.8 Å². The van der Waals surface area contributed by atoms with Gasteiger partial charge in [-0.25, -0.2) is 14.2 Å². The molecule has 1 amide bonds. The third-order valence-electron chi connectivity index (χ3n) is 3.82. The molecule has 2 heterocycles. The van der Waals surface area contributed by atoms with Crippen LogP contribution >= 0.6 is 0 Å². The van der Waals surface area contributed by atoms with Gasteiger partial charge in [0.1, 0.15) is 17.2 Å². The van der Waals surface area contributed by atoms with Gasteiger partial charge in [-0.2, -0.15) is 0 Å². The van der Waals surface area contributed by atoms with Gasteiger partial charge < -0.3 is 15.0 Å². The van der Waals surface area contributed by atoms with E-state index in [1.807, 2.05) is 20.8 Å². The van der Waals surface area contributed by atoms with Gasteiger partial charge in [0.25, 0.3) is 0 Å². The molecule has 0 aromatic carbocycles. The van der Waals surface area contributed by atoms with Gasteiger partial charge >= 0.3 is 6.09 Å². The molecule has 6 heteroatoms. The minimum atomic E-state index is -0.506. The Kier molecular flexibility index (Phi) is 5.44. The summed E-state index contributed by atoms with van der Waals surface area (Å²) in [5.41, 5.74) is -0.506. The zero-order chi connectivity index (χ0) is 17.0. The number of hydrogen-bond acceptors (Lipinski definition) is 4. The lowest BCUT2D eigenvalue weighted by atomic mass is 9.94. The molecule has 5 nitrogen and oxygen atoms in total. The standard InChI is InChI=1S/C17H26FN3O2/c1-12-5-7-14(10-20-15-8-6-13(18)9-19-15)21(11-12)16(22)23-17(2,3)4/h6,8-9,12,14H,5,7,10-11H2,1-4H3,(H,19,20). The number of likely N-dealkylation sites (tertiary alicyclic amines) is 1. The van der Waals surface area contributed by atoms with E-state index < -0.39 is 5.60 Å². The number of carbonyl (C=O) groups is 1. The SMILES string of the molecule is CC1CCC(CNc2ccc(F)cn2)N(C(=O)OC(C)(C)C)C1. The van der Waals surface area contributed by atoms with Gasteiger partial charge in [-0.05, 0) is 51.7 Å². The van der Waals surface area contributed by atoms with Gasteiger partial charge in [-0.3, -0.25) is 0 Å². The monoisotopic (exact) mass is 323 g/mol. The molecule has 0 bridgehead atoms. The van der Waals surface area contributed by atoms with Crippen molar-refractivity contribution in [2.75, 3.05) is 18.4 Å². The molecule has 2 unspecified atom stereocenters. The van der Waals surface area contributed by atoms with Crippen molar-refractivity contribution in [3.63, 3.8) is 0 Å². The maximum atomic E-state index is 12.9. The molecule has 1 fully saturated rings. The summed E-state index contributed by atoms with van der Waals surface area (Å²) in [6.45, 7) is 9.02. The van der Waals surface area contributed by atoms with E-state index in [1.54, 1.807) is 11.0 Å². The van der Waals surface area contributed by atoms with Crippen LogP contribution in [-0.4, -0.2) is 40.7 Å². The molecule has 0 saturated carbocycles. The first kappa shape index (κ1) is 17.5. The predicted molar refractivity (Wildman–Crippen MR) is 87.8 cm³/mol. The maximum absolute atomic E-state index is 12.9. The Morgan fingerprint density at radius 2 is 2.17 bits per heavy atom. The first-order valence-electron chi connectivity index (χ1n) is 8.09. The molecule has 1 aliphatic rings. The number of anilines is 1. The molecule has 0 radical (unpaired) electrons. The van der Waals surface area contributed by atoms with Crippen LogP contribution in [0.3, 0.4) is 0 Å². The molecule has 1 aromatic heterocycles. The van der Waals surface area contributed by atoms with Crippen molar-refractivity contribution in [2.45, 2.75) is 52.2 Å². The van der Waals surface area contributed by atoms with Crippen molar-refractivity contribution in [1.82, 2.24) is 9.88 Å². The van der Waals surface area contributed by atoms with Gasteiger partial charge in [0.2, 0.25) is 0 Å². The summed E-state index contributed by atoms with van der Waals surface area (Å²) in [7, 11) is 0. The zero-order valence-electron chi connectivity index (χ0n) is 14.3. The van der Waals surface area contributed by atoms with Gasteiger partial charge in [0.15, 0.2) is 0 Å². The predicted octanol–water partition coefficient (Wildman–Crippen LogP) is 3.67. The van der Waals surface area contributed by atoms with E-state index in [2.05, 4.69) is 17.2 Å². The fourth-order valence-corrected chi connectivity index (χ4v) is 2.67. The highest BCUT2D eigenvalue weighted by atomic mass is 19.1. The van der Waals surface area contributed by atoms with Crippen molar-refractivity contribution < 1.29 is 13.9 Å². The first-order valence-corrected chi connectivity index (χ1v) is 8.09. The van der Waals surface area contributed by atoms with Gasteiger partial charge in [-0.15, -0.1) is 0 Å². The van der Waals surface area contributed by atoms with Crippen molar-refractivity contribution in [2.24, 2.45) is 5.92 Å². The van der Waals surface area contributed by atoms with Crippen LogP contribution in [0.4, 0.5) is 15.0 Å². The van der Waals surface area contributed by atoms with Crippen LogP contribution in [0.1, 0.15) is 40.5 Å². The molecule has 1 aromatic rings. The van der Waals surface area contributed by atoms with E-state index in [1.165, 1.54) is 12.3 Å². The fraction of sp³-hybridized carbons (Fsp3) is 0.647. The number of piperidine rings is 1. The average Bonchev–Trinajstić information content (AvgIpc) is 2.46. The summed E-state index contributed by atoms with van der Waals surface area (Å²) in [4.78, 5) is 18.2. The molecule has 2 rings (SSSR count).